The Bertz CT molecular complexity index is 1060. The normalized spacial score (nSPS) is 10.9. The molecule has 9 heteroatoms. The minimum absolute atomic E-state index is 0.115. The molecule has 0 unspecified atom stereocenters. The van der Waals surface area contributed by atoms with Gasteiger partial charge in [0.25, 0.3) is 5.91 Å². The third-order valence-electron chi connectivity index (χ3n) is 3.41. The largest absolute Gasteiger partial charge is 0.433 e. The fraction of sp³-hybridized carbons (Fsp3) is 0. The van der Waals surface area contributed by atoms with Crippen molar-refractivity contribution in [3.8, 4) is 10.6 Å². The molecule has 0 radical (unpaired) electrons. The molecule has 4 aromatic rings. The highest BCUT2D eigenvalue weighted by Gasteiger charge is 2.20. The van der Waals surface area contributed by atoms with Gasteiger partial charge in [-0.3, -0.25) is 14.9 Å². The third-order valence-corrected chi connectivity index (χ3v) is 5.31. The Morgan fingerprint density at radius 2 is 2.04 bits per heavy atom. The molecule has 1 amide bonds. The van der Waals surface area contributed by atoms with E-state index < -0.39 is 16.7 Å². The summed E-state index contributed by atoms with van der Waals surface area (Å²) in [6.07, 6.45) is 0. The van der Waals surface area contributed by atoms with Crippen LogP contribution in [0.2, 0.25) is 0 Å². The van der Waals surface area contributed by atoms with E-state index in [1.807, 2.05) is 35.7 Å². The summed E-state index contributed by atoms with van der Waals surface area (Å²) in [5.41, 5.74) is 1.70. The second kappa shape index (κ2) is 6.11. The molecule has 0 saturated heterocycles. The van der Waals surface area contributed by atoms with Gasteiger partial charge < -0.3 is 9.73 Å². The molecule has 0 atom stereocenters. The zero-order valence-electron chi connectivity index (χ0n) is 12.5. The molecular formula is C16H9N3O4S2. The Kier molecular flexibility index (Phi) is 3.79. The lowest BCUT2D eigenvalue weighted by Gasteiger charge is -2.02. The number of carbonyl (C=O) groups excluding carboxylic acids is 1. The molecule has 4 rings (SSSR count). The van der Waals surface area contributed by atoms with Gasteiger partial charge in [0.05, 0.1) is 16.3 Å². The Morgan fingerprint density at radius 3 is 2.80 bits per heavy atom. The Labute approximate surface area is 148 Å². The van der Waals surface area contributed by atoms with Gasteiger partial charge in [-0.15, -0.1) is 22.7 Å². The van der Waals surface area contributed by atoms with Crippen LogP contribution in [0.3, 0.4) is 0 Å². The van der Waals surface area contributed by atoms with Crippen molar-refractivity contribution in [2.75, 3.05) is 5.32 Å². The maximum Gasteiger partial charge on any atom is 0.433 e. The van der Waals surface area contributed by atoms with Crippen LogP contribution >= 0.6 is 22.7 Å². The maximum atomic E-state index is 12.3. The lowest BCUT2D eigenvalue weighted by atomic mass is 10.3. The van der Waals surface area contributed by atoms with E-state index in [1.54, 1.807) is 0 Å². The fourth-order valence-corrected chi connectivity index (χ4v) is 4.12. The number of thiazole rings is 1. The van der Waals surface area contributed by atoms with Gasteiger partial charge in [0.1, 0.15) is 14.9 Å². The number of para-hydroxylation sites is 1. The van der Waals surface area contributed by atoms with Crippen LogP contribution in [0, 0.1) is 10.1 Å². The monoisotopic (exact) mass is 371 g/mol. The molecule has 0 spiro atoms. The van der Waals surface area contributed by atoms with Gasteiger partial charge in [-0.1, -0.05) is 12.1 Å². The van der Waals surface area contributed by atoms with Crippen LogP contribution in [0.4, 0.5) is 10.9 Å². The second-order valence-electron chi connectivity index (χ2n) is 5.00. The van der Waals surface area contributed by atoms with Gasteiger partial charge in [-0.2, -0.15) is 0 Å². The van der Waals surface area contributed by atoms with Crippen LogP contribution in [0.1, 0.15) is 10.6 Å². The minimum atomic E-state index is -0.686. The number of furan rings is 1. The number of nitrogens with zero attached hydrogens (tertiary/aromatic N) is 2. The smallest absolute Gasteiger partial charge is 0.395 e. The summed E-state index contributed by atoms with van der Waals surface area (Å²) in [5, 5.41) is 16.6. The van der Waals surface area contributed by atoms with Gasteiger partial charge in [-0.25, -0.2) is 4.98 Å². The van der Waals surface area contributed by atoms with E-state index in [2.05, 4.69) is 10.3 Å². The molecule has 3 heterocycles. The van der Waals surface area contributed by atoms with Crippen molar-refractivity contribution in [1.82, 2.24) is 4.98 Å². The van der Waals surface area contributed by atoms with Crippen molar-refractivity contribution in [2.45, 2.75) is 0 Å². The first-order valence-electron chi connectivity index (χ1n) is 7.11. The quantitative estimate of drug-likeness (QED) is 0.411. The second-order valence-corrected chi connectivity index (χ2v) is 6.95. The van der Waals surface area contributed by atoms with Gasteiger partial charge in [0, 0.05) is 5.56 Å². The lowest BCUT2D eigenvalue weighted by Crippen LogP contribution is -2.10. The first-order valence-corrected chi connectivity index (χ1v) is 8.80. The molecule has 1 aromatic carbocycles. The van der Waals surface area contributed by atoms with Crippen molar-refractivity contribution in [3.05, 3.63) is 63.7 Å². The van der Waals surface area contributed by atoms with E-state index in [4.69, 9.17) is 4.42 Å². The topological polar surface area (TPSA) is 98.3 Å². The maximum absolute atomic E-state index is 12.3. The summed E-state index contributed by atoms with van der Waals surface area (Å²) in [5.74, 6) is -1.13. The third kappa shape index (κ3) is 2.90. The number of hydrogen-bond acceptors (Lipinski definition) is 7. The minimum Gasteiger partial charge on any atom is -0.395 e. The van der Waals surface area contributed by atoms with E-state index in [0.29, 0.717) is 5.00 Å². The van der Waals surface area contributed by atoms with Crippen LogP contribution < -0.4 is 5.32 Å². The number of fused-ring (bicyclic) bond motifs is 1. The van der Waals surface area contributed by atoms with E-state index in [0.717, 1.165) is 26.9 Å². The molecule has 25 heavy (non-hydrogen) atoms. The molecule has 0 aliphatic rings. The number of thiophene rings is 1. The van der Waals surface area contributed by atoms with Crippen LogP contribution in [0.15, 0.2) is 52.3 Å². The van der Waals surface area contributed by atoms with Crippen LogP contribution in [0.25, 0.3) is 20.8 Å². The number of rotatable bonds is 4. The van der Waals surface area contributed by atoms with Gasteiger partial charge in [0.15, 0.2) is 5.76 Å². The highest BCUT2D eigenvalue weighted by atomic mass is 32.1. The molecule has 124 valence electrons. The number of hydrogen-bond donors (Lipinski definition) is 1. The van der Waals surface area contributed by atoms with E-state index >= 15 is 0 Å². The molecule has 0 aliphatic carbocycles. The van der Waals surface area contributed by atoms with Crippen LogP contribution in [0.5, 0.6) is 0 Å². The summed E-state index contributed by atoms with van der Waals surface area (Å²) in [6, 6.07) is 12.1. The van der Waals surface area contributed by atoms with Crippen molar-refractivity contribution in [2.24, 2.45) is 0 Å². The molecule has 7 nitrogen and oxygen atoms in total. The van der Waals surface area contributed by atoms with Gasteiger partial charge >= 0.3 is 5.88 Å². The van der Waals surface area contributed by atoms with Gasteiger partial charge in [-0.05, 0) is 29.6 Å². The van der Waals surface area contributed by atoms with E-state index in [-0.39, 0.29) is 5.76 Å². The molecule has 0 saturated carbocycles. The fourth-order valence-electron chi connectivity index (χ4n) is 2.27. The molecule has 3 aromatic heterocycles. The number of nitrogens with one attached hydrogen (secondary N) is 1. The number of aromatic nitrogens is 1. The molecule has 0 aliphatic heterocycles. The number of nitro groups is 1. The van der Waals surface area contributed by atoms with Crippen LogP contribution in [-0.4, -0.2) is 15.8 Å². The van der Waals surface area contributed by atoms with Gasteiger partial charge in [0.2, 0.25) is 0 Å². The Balaban J connectivity index is 1.62. The Hall–Kier alpha value is -3.04. The molecular weight excluding hydrogens is 362 g/mol. The predicted octanol–water partition coefficient (Wildman–Crippen LogP) is 4.78. The van der Waals surface area contributed by atoms with E-state index in [1.165, 1.54) is 28.7 Å². The average molecular weight is 371 g/mol. The molecule has 0 bridgehead atoms. The molecule has 1 N–H and O–H groups in total. The summed E-state index contributed by atoms with van der Waals surface area (Å²) in [7, 11) is 0. The summed E-state index contributed by atoms with van der Waals surface area (Å²) < 4.78 is 5.99. The Morgan fingerprint density at radius 1 is 1.20 bits per heavy atom. The first-order chi connectivity index (χ1) is 12.1. The summed E-state index contributed by atoms with van der Waals surface area (Å²) in [4.78, 5) is 26.8. The lowest BCUT2D eigenvalue weighted by molar-refractivity contribution is -0.402. The average Bonchev–Trinajstić information content (AvgIpc) is 3.33. The number of benzene rings is 1. The predicted molar refractivity (Wildman–Crippen MR) is 96.2 cm³/mol. The highest BCUT2D eigenvalue weighted by molar-refractivity contribution is 7.22. The van der Waals surface area contributed by atoms with E-state index in [9.17, 15) is 14.9 Å². The van der Waals surface area contributed by atoms with Crippen molar-refractivity contribution in [3.63, 3.8) is 0 Å². The van der Waals surface area contributed by atoms with Crippen LogP contribution in [-0.2, 0) is 0 Å². The van der Waals surface area contributed by atoms with Crippen molar-refractivity contribution < 1.29 is 14.1 Å². The number of anilines is 1. The van der Waals surface area contributed by atoms with Crippen molar-refractivity contribution >= 4 is 49.7 Å². The first kappa shape index (κ1) is 15.5. The number of carbonyl (C=O) groups is 1. The number of amides is 1. The summed E-state index contributed by atoms with van der Waals surface area (Å²) >= 11 is 2.88. The standard InChI is InChI=1S/C16H9N3O4S2/c20-14(11-5-6-13(23-11)19(21)22)18-15-9(7-8-24-15)16-17-10-3-1-2-4-12(10)25-16/h1-8H,(H,18,20). The zero-order valence-corrected chi connectivity index (χ0v) is 14.1. The summed E-state index contributed by atoms with van der Waals surface area (Å²) in [6.45, 7) is 0. The zero-order chi connectivity index (χ0) is 17.4. The highest BCUT2D eigenvalue weighted by Crippen LogP contribution is 2.37. The molecule has 0 fully saturated rings. The van der Waals surface area contributed by atoms with Crippen molar-refractivity contribution in [1.29, 1.82) is 0 Å². The SMILES string of the molecule is O=C(Nc1sccc1-c1nc2ccccc2s1)c1ccc([N+](=O)[O-])o1.